The van der Waals surface area contributed by atoms with Gasteiger partial charge in [0.1, 0.15) is 12.4 Å². The molecule has 2 rings (SSSR count). The predicted octanol–water partition coefficient (Wildman–Crippen LogP) is 2.40. The standard InChI is InChI=1S/C17H17NO3/c1-20-17-15(9-6-11-18-17)13-21-16-10-3-2-7-14(16)8-4-5-12-19/h2-3,6-7,9-11,19H,5,12-13H2,1H3. The van der Waals surface area contributed by atoms with Crippen molar-refractivity contribution < 1.29 is 14.6 Å². The number of benzene rings is 1. The molecule has 0 saturated heterocycles. The Morgan fingerprint density at radius 2 is 2.05 bits per heavy atom. The number of aromatic nitrogens is 1. The van der Waals surface area contributed by atoms with Crippen molar-refractivity contribution in [1.29, 1.82) is 0 Å². The molecule has 1 N–H and O–H groups in total. The van der Waals surface area contributed by atoms with Gasteiger partial charge in [0.2, 0.25) is 5.88 Å². The monoisotopic (exact) mass is 283 g/mol. The highest BCUT2D eigenvalue weighted by Crippen LogP contribution is 2.21. The van der Waals surface area contributed by atoms with Gasteiger partial charge in [-0.25, -0.2) is 4.98 Å². The number of methoxy groups -OCH3 is 1. The second-order valence-corrected chi connectivity index (χ2v) is 4.23. The minimum absolute atomic E-state index is 0.0584. The minimum Gasteiger partial charge on any atom is -0.487 e. The maximum atomic E-state index is 8.77. The number of pyridine rings is 1. The van der Waals surface area contributed by atoms with Gasteiger partial charge in [-0.15, -0.1) is 0 Å². The minimum atomic E-state index is 0.0584. The van der Waals surface area contributed by atoms with Crippen LogP contribution in [0.3, 0.4) is 0 Å². The summed E-state index contributed by atoms with van der Waals surface area (Å²) in [6.07, 6.45) is 2.13. The van der Waals surface area contributed by atoms with Crippen molar-refractivity contribution in [3.63, 3.8) is 0 Å². The van der Waals surface area contributed by atoms with Crippen molar-refractivity contribution in [2.75, 3.05) is 13.7 Å². The maximum Gasteiger partial charge on any atom is 0.219 e. The first-order valence-electron chi connectivity index (χ1n) is 6.64. The van der Waals surface area contributed by atoms with E-state index in [0.29, 0.717) is 24.7 Å². The SMILES string of the molecule is COc1ncccc1COc1ccccc1C#CCCO. The average molecular weight is 283 g/mol. The molecule has 1 aromatic carbocycles. The zero-order valence-electron chi connectivity index (χ0n) is 11.9. The van der Waals surface area contributed by atoms with E-state index in [1.54, 1.807) is 13.3 Å². The van der Waals surface area contributed by atoms with E-state index in [9.17, 15) is 0 Å². The summed E-state index contributed by atoms with van der Waals surface area (Å²) in [6.45, 7) is 0.415. The van der Waals surface area contributed by atoms with Gasteiger partial charge in [-0.1, -0.05) is 24.0 Å². The second-order valence-electron chi connectivity index (χ2n) is 4.23. The number of aliphatic hydroxyl groups excluding tert-OH is 1. The van der Waals surface area contributed by atoms with Gasteiger partial charge in [-0.05, 0) is 24.3 Å². The van der Waals surface area contributed by atoms with Crippen LogP contribution in [0.25, 0.3) is 0 Å². The molecule has 0 aliphatic rings. The lowest BCUT2D eigenvalue weighted by atomic mass is 10.2. The van der Waals surface area contributed by atoms with Crippen LogP contribution in [-0.4, -0.2) is 23.8 Å². The van der Waals surface area contributed by atoms with Crippen LogP contribution in [0.1, 0.15) is 17.5 Å². The normalized spacial score (nSPS) is 9.62. The summed E-state index contributed by atoms with van der Waals surface area (Å²) in [7, 11) is 1.58. The summed E-state index contributed by atoms with van der Waals surface area (Å²) >= 11 is 0. The van der Waals surface area contributed by atoms with Crippen molar-refractivity contribution >= 4 is 0 Å². The first-order valence-corrected chi connectivity index (χ1v) is 6.64. The Morgan fingerprint density at radius 1 is 1.19 bits per heavy atom. The van der Waals surface area contributed by atoms with Crippen molar-refractivity contribution in [2.45, 2.75) is 13.0 Å². The molecule has 0 bridgehead atoms. The highest BCUT2D eigenvalue weighted by atomic mass is 16.5. The fraction of sp³-hybridized carbons (Fsp3) is 0.235. The topological polar surface area (TPSA) is 51.6 Å². The van der Waals surface area contributed by atoms with Crippen molar-refractivity contribution in [2.24, 2.45) is 0 Å². The Labute approximate surface area is 124 Å². The summed E-state index contributed by atoms with van der Waals surface area (Å²) in [5, 5.41) is 8.77. The maximum absolute atomic E-state index is 8.77. The lowest BCUT2D eigenvalue weighted by Gasteiger charge is -2.10. The molecule has 0 aliphatic heterocycles. The summed E-state index contributed by atoms with van der Waals surface area (Å²) < 4.78 is 11.0. The van der Waals surface area contributed by atoms with E-state index in [1.165, 1.54) is 0 Å². The van der Waals surface area contributed by atoms with Crippen LogP contribution in [0, 0.1) is 11.8 Å². The first-order chi connectivity index (χ1) is 10.3. The lowest BCUT2D eigenvalue weighted by molar-refractivity contribution is 0.293. The van der Waals surface area contributed by atoms with Crippen LogP contribution in [-0.2, 0) is 6.61 Å². The van der Waals surface area contributed by atoms with Crippen LogP contribution in [0.4, 0.5) is 0 Å². The van der Waals surface area contributed by atoms with Gasteiger partial charge in [0.05, 0.1) is 24.8 Å². The van der Waals surface area contributed by atoms with E-state index in [1.807, 2.05) is 36.4 Å². The highest BCUT2D eigenvalue weighted by molar-refractivity contribution is 5.46. The Bertz CT molecular complexity index is 644. The first kappa shape index (κ1) is 14.9. The third-order valence-corrected chi connectivity index (χ3v) is 2.77. The van der Waals surface area contributed by atoms with E-state index >= 15 is 0 Å². The predicted molar refractivity (Wildman–Crippen MR) is 80.1 cm³/mol. The molecule has 0 aliphatic carbocycles. The highest BCUT2D eigenvalue weighted by Gasteiger charge is 2.06. The van der Waals surface area contributed by atoms with E-state index in [-0.39, 0.29) is 6.61 Å². The fourth-order valence-electron chi connectivity index (χ4n) is 1.78. The van der Waals surface area contributed by atoms with Gasteiger partial charge in [0.15, 0.2) is 0 Å². The van der Waals surface area contributed by atoms with Crippen LogP contribution >= 0.6 is 0 Å². The number of aliphatic hydroxyl groups is 1. The Morgan fingerprint density at radius 3 is 2.86 bits per heavy atom. The Hall–Kier alpha value is -2.51. The molecule has 0 spiro atoms. The molecular formula is C17H17NO3. The number of rotatable bonds is 5. The van der Waals surface area contributed by atoms with Crippen LogP contribution < -0.4 is 9.47 Å². The zero-order valence-corrected chi connectivity index (χ0v) is 11.9. The van der Waals surface area contributed by atoms with Gasteiger partial charge in [0.25, 0.3) is 0 Å². The number of hydrogen-bond acceptors (Lipinski definition) is 4. The second kappa shape index (κ2) is 7.93. The largest absolute Gasteiger partial charge is 0.487 e. The summed E-state index contributed by atoms with van der Waals surface area (Å²) in [4.78, 5) is 4.13. The smallest absolute Gasteiger partial charge is 0.219 e. The molecular weight excluding hydrogens is 266 g/mol. The summed E-state index contributed by atoms with van der Waals surface area (Å²) in [6, 6.07) is 11.3. The Kier molecular flexibility index (Phi) is 5.62. The van der Waals surface area contributed by atoms with E-state index in [4.69, 9.17) is 14.6 Å². The molecule has 1 heterocycles. The zero-order chi connectivity index (χ0) is 14.9. The van der Waals surface area contributed by atoms with Gasteiger partial charge in [0, 0.05) is 12.6 Å². The quantitative estimate of drug-likeness (QED) is 0.856. The molecule has 108 valence electrons. The van der Waals surface area contributed by atoms with E-state index < -0.39 is 0 Å². The molecule has 0 unspecified atom stereocenters. The average Bonchev–Trinajstić information content (AvgIpc) is 2.54. The van der Waals surface area contributed by atoms with Gasteiger partial charge >= 0.3 is 0 Å². The van der Waals surface area contributed by atoms with Crippen LogP contribution in [0.2, 0.25) is 0 Å². The molecule has 1 aromatic heterocycles. The molecule has 4 nitrogen and oxygen atoms in total. The molecule has 0 saturated carbocycles. The number of para-hydroxylation sites is 1. The van der Waals surface area contributed by atoms with Gasteiger partial charge in [-0.2, -0.15) is 0 Å². The molecule has 0 atom stereocenters. The third-order valence-electron chi connectivity index (χ3n) is 2.77. The number of ether oxygens (including phenoxy) is 2. The van der Waals surface area contributed by atoms with E-state index in [0.717, 1.165) is 11.1 Å². The van der Waals surface area contributed by atoms with Crippen molar-refractivity contribution in [3.8, 4) is 23.5 Å². The fourth-order valence-corrected chi connectivity index (χ4v) is 1.78. The molecule has 0 fully saturated rings. The van der Waals surface area contributed by atoms with Crippen LogP contribution in [0.15, 0.2) is 42.6 Å². The number of hydrogen-bond donors (Lipinski definition) is 1. The molecule has 2 aromatic rings. The van der Waals surface area contributed by atoms with Crippen molar-refractivity contribution in [1.82, 2.24) is 4.98 Å². The van der Waals surface area contributed by atoms with Crippen molar-refractivity contribution in [3.05, 3.63) is 53.7 Å². The van der Waals surface area contributed by atoms with Crippen LogP contribution in [0.5, 0.6) is 11.6 Å². The number of nitrogens with zero attached hydrogens (tertiary/aromatic N) is 1. The molecule has 0 radical (unpaired) electrons. The molecule has 21 heavy (non-hydrogen) atoms. The molecule has 4 heteroatoms. The van der Waals surface area contributed by atoms with E-state index in [2.05, 4.69) is 16.8 Å². The Balaban J connectivity index is 2.12. The summed E-state index contributed by atoms with van der Waals surface area (Å²) in [5.41, 5.74) is 1.67. The third kappa shape index (κ3) is 4.23. The lowest BCUT2D eigenvalue weighted by Crippen LogP contribution is -2.01. The van der Waals surface area contributed by atoms with Gasteiger partial charge in [-0.3, -0.25) is 0 Å². The van der Waals surface area contributed by atoms with Gasteiger partial charge < -0.3 is 14.6 Å². The molecule has 0 amide bonds. The summed E-state index contributed by atoms with van der Waals surface area (Å²) in [5.74, 6) is 7.15.